The second-order valence-corrected chi connectivity index (χ2v) is 5.36. The van der Waals surface area contributed by atoms with Gasteiger partial charge in [0.1, 0.15) is 5.75 Å². The minimum atomic E-state index is 0.629. The van der Waals surface area contributed by atoms with Gasteiger partial charge in [0.2, 0.25) is 5.88 Å². The summed E-state index contributed by atoms with van der Waals surface area (Å²) in [5.41, 5.74) is 3.21. The van der Waals surface area contributed by atoms with Crippen molar-refractivity contribution in [2.45, 2.75) is 33.7 Å². The maximum atomic E-state index is 6.03. The lowest BCUT2D eigenvalue weighted by atomic mass is 10.2. The largest absolute Gasteiger partial charge is 0.439 e. The Hall–Kier alpha value is -1.58. The molecule has 1 aromatic carbocycles. The Kier molecular flexibility index (Phi) is 5.59. The zero-order valence-electron chi connectivity index (χ0n) is 12.7. The second-order valence-electron chi connectivity index (χ2n) is 4.95. The summed E-state index contributed by atoms with van der Waals surface area (Å²) in [5.74, 6) is 1.39. The van der Waals surface area contributed by atoms with Crippen LogP contribution in [-0.2, 0) is 13.0 Å². The fraction of sp³-hybridized carbons (Fsp3) is 0.353. The highest BCUT2D eigenvalue weighted by Gasteiger charge is 2.05. The van der Waals surface area contributed by atoms with Crippen LogP contribution in [-0.4, -0.2) is 11.5 Å². The van der Waals surface area contributed by atoms with Crippen LogP contribution in [0.15, 0.2) is 30.3 Å². The van der Waals surface area contributed by atoms with Crippen LogP contribution in [0.5, 0.6) is 11.6 Å². The summed E-state index contributed by atoms with van der Waals surface area (Å²) in [4.78, 5) is 4.52. The SMILES string of the molecule is CCNCc1cc(CC)nc(Oc2ccc(Cl)c(C)c2)c1. The van der Waals surface area contributed by atoms with Gasteiger partial charge in [-0.3, -0.25) is 0 Å². The monoisotopic (exact) mass is 304 g/mol. The van der Waals surface area contributed by atoms with Crippen LogP contribution in [0.4, 0.5) is 0 Å². The van der Waals surface area contributed by atoms with Crippen LogP contribution in [0.2, 0.25) is 5.02 Å². The van der Waals surface area contributed by atoms with Gasteiger partial charge in [-0.05, 0) is 55.3 Å². The van der Waals surface area contributed by atoms with Crippen molar-refractivity contribution in [3.63, 3.8) is 0 Å². The standard InChI is InChI=1S/C17H21ClN2O/c1-4-14-9-13(11-19-5-2)10-17(20-14)21-15-6-7-16(18)12(3)8-15/h6-10,19H,4-5,11H2,1-3H3. The van der Waals surface area contributed by atoms with Gasteiger partial charge >= 0.3 is 0 Å². The Morgan fingerprint density at radius 1 is 1.19 bits per heavy atom. The Labute approximate surface area is 131 Å². The van der Waals surface area contributed by atoms with E-state index in [0.717, 1.165) is 41.5 Å². The summed E-state index contributed by atoms with van der Waals surface area (Å²) >= 11 is 6.03. The zero-order valence-corrected chi connectivity index (χ0v) is 13.5. The maximum Gasteiger partial charge on any atom is 0.219 e. The van der Waals surface area contributed by atoms with Crippen molar-refractivity contribution in [1.29, 1.82) is 0 Å². The van der Waals surface area contributed by atoms with E-state index in [1.807, 2.05) is 31.2 Å². The molecule has 21 heavy (non-hydrogen) atoms. The highest BCUT2D eigenvalue weighted by atomic mass is 35.5. The number of hydrogen-bond acceptors (Lipinski definition) is 3. The number of nitrogens with zero attached hydrogens (tertiary/aromatic N) is 1. The molecule has 4 heteroatoms. The van der Waals surface area contributed by atoms with E-state index in [2.05, 4.69) is 30.2 Å². The van der Waals surface area contributed by atoms with Gasteiger partial charge in [-0.25, -0.2) is 4.98 Å². The molecule has 0 saturated carbocycles. The van der Waals surface area contributed by atoms with Crippen molar-refractivity contribution < 1.29 is 4.74 Å². The minimum Gasteiger partial charge on any atom is -0.439 e. The third-order valence-electron chi connectivity index (χ3n) is 3.21. The Morgan fingerprint density at radius 3 is 2.67 bits per heavy atom. The number of aryl methyl sites for hydroxylation is 2. The predicted molar refractivity (Wildman–Crippen MR) is 87.3 cm³/mol. The summed E-state index contributed by atoms with van der Waals surface area (Å²) in [6.07, 6.45) is 0.885. The number of nitrogens with one attached hydrogen (secondary N) is 1. The van der Waals surface area contributed by atoms with Crippen molar-refractivity contribution >= 4 is 11.6 Å². The van der Waals surface area contributed by atoms with Crippen LogP contribution in [0.3, 0.4) is 0 Å². The molecule has 0 aliphatic rings. The molecule has 0 aliphatic carbocycles. The fourth-order valence-corrected chi connectivity index (χ4v) is 2.14. The van der Waals surface area contributed by atoms with E-state index in [4.69, 9.17) is 16.3 Å². The Bertz CT molecular complexity index is 614. The molecule has 1 heterocycles. The van der Waals surface area contributed by atoms with Gasteiger partial charge in [0.05, 0.1) is 0 Å². The molecule has 0 saturated heterocycles. The van der Waals surface area contributed by atoms with Gasteiger partial charge < -0.3 is 10.1 Å². The topological polar surface area (TPSA) is 34.2 Å². The normalized spacial score (nSPS) is 10.7. The Morgan fingerprint density at radius 2 is 2.00 bits per heavy atom. The van der Waals surface area contributed by atoms with Crippen LogP contribution in [0.25, 0.3) is 0 Å². The van der Waals surface area contributed by atoms with Crippen LogP contribution < -0.4 is 10.1 Å². The first kappa shape index (κ1) is 15.8. The zero-order chi connectivity index (χ0) is 15.2. The van der Waals surface area contributed by atoms with Gasteiger partial charge in [-0.1, -0.05) is 25.4 Å². The number of benzene rings is 1. The Balaban J connectivity index is 2.23. The summed E-state index contributed by atoms with van der Waals surface area (Å²) in [6.45, 7) is 7.91. The van der Waals surface area contributed by atoms with Crippen LogP contribution in [0, 0.1) is 6.92 Å². The van der Waals surface area contributed by atoms with Gasteiger partial charge in [0.25, 0.3) is 0 Å². The van der Waals surface area contributed by atoms with Gasteiger partial charge in [0.15, 0.2) is 0 Å². The van der Waals surface area contributed by atoms with Gasteiger partial charge in [-0.2, -0.15) is 0 Å². The third kappa shape index (κ3) is 4.45. The molecular formula is C17H21ClN2O. The molecule has 0 unspecified atom stereocenters. The van der Waals surface area contributed by atoms with Crippen molar-refractivity contribution in [1.82, 2.24) is 10.3 Å². The van der Waals surface area contributed by atoms with Crippen LogP contribution in [0.1, 0.15) is 30.7 Å². The molecule has 3 nitrogen and oxygen atoms in total. The molecule has 0 bridgehead atoms. The maximum absolute atomic E-state index is 6.03. The average Bonchev–Trinajstić information content (AvgIpc) is 2.48. The molecule has 2 rings (SSSR count). The fourth-order valence-electron chi connectivity index (χ4n) is 2.03. The molecule has 112 valence electrons. The molecule has 0 atom stereocenters. The van der Waals surface area contributed by atoms with Crippen molar-refractivity contribution in [2.24, 2.45) is 0 Å². The minimum absolute atomic E-state index is 0.629. The molecule has 1 aromatic heterocycles. The third-order valence-corrected chi connectivity index (χ3v) is 3.63. The van der Waals surface area contributed by atoms with Crippen LogP contribution >= 0.6 is 11.6 Å². The van der Waals surface area contributed by atoms with E-state index in [1.165, 1.54) is 5.56 Å². The number of ether oxygens (including phenoxy) is 1. The first-order valence-electron chi connectivity index (χ1n) is 7.27. The number of aromatic nitrogens is 1. The molecule has 0 spiro atoms. The summed E-state index contributed by atoms with van der Waals surface area (Å²) < 4.78 is 5.88. The van der Waals surface area contributed by atoms with E-state index in [1.54, 1.807) is 0 Å². The van der Waals surface area contributed by atoms with Crippen molar-refractivity contribution in [2.75, 3.05) is 6.54 Å². The number of halogens is 1. The summed E-state index contributed by atoms with van der Waals surface area (Å²) in [6, 6.07) is 9.72. The predicted octanol–water partition coefficient (Wildman–Crippen LogP) is 4.51. The number of hydrogen-bond donors (Lipinski definition) is 1. The molecule has 0 amide bonds. The van der Waals surface area contributed by atoms with E-state index in [-0.39, 0.29) is 0 Å². The molecule has 2 aromatic rings. The van der Waals surface area contributed by atoms with E-state index < -0.39 is 0 Å². The smallest absolute Gasteiger partial charge is 0.219 e. The quantitative estimate of drug-likeness (QED) is 0.852. The lowest BCUT2D eigenvalue weighted by molar-refractivity contribution is 0.459. The van der Waals surface area contributed by atoms with E-state index in [0.29, 0.717) is 5.88 Å². The summed E-state index contributed by atoms with van der Waals surface area (Å²) in [5, 5.41) is 4.06. The highest BCUT2D eigenvalue weighted by molar-refractivity contribution is 6.31. The highest BCUT2D eigenvalue weighted by Crippen LogP contribution is 2.25. The lowest BCUT2D eigenvalue weighted by Crippen LogP contribution is -2.12. The molecule has 1 N–H and O–H groups in total. The van der Waals surface area contributed by atoms with Crippen molar-refractivity contribution in [3.05, 3.63) is 52.2 Å². The molecular weight excluding hydrogens is 284 g/mol. The van der Waals surface area contributed by atoms with E-state index >= 15 is 0 Å². The summed E-state index contributed by atoms with van der Waals surface area (Å²) in [7, 11) is 0. The number of pyridine rings is 1. The van der Waals surface area contributed by atoms with E-state index in [9.17, 15) is 0 Å². The molecule has 0 fully saturated rings. The first-order chi connectivity index (χ1) is 10.1. The molecule has 0 aliphatic heterocycles. The lowest BCUT2D eigenvalue weighted by Gasteiger charge is -2.10. The number of rotatable bonds is 6. The van der Waals surface area contributed by atoms with Gasteiger partial charge in [-0.15, -0.1) is 0 Å². The van der Waals surface area contributed by atoms with Crippen molar-refractivity contribution in [3.8, 4) is 11.6 Å². The first-order valence-corrected chi connectivity index (χ1v) is 7.64. The molecule has 0 radical (unpaired) electrons. The van der Waals surface area contributed by atoms with Gasteiger partial charge in [0, 0.05) is 23.3 Å². The second kappa shape index (κ2) is 7.43. The average molecular weight is 305 g/mol.